The topological polar surface area (TPSA) is 114 Å². The Balaban J connectivity index is 2.26. The normalized spacial score (nSPS) is 10.1. The average Bonchev–Trinajstić information content (AvgIpc) is 2.85. The van der Waals surface area contributed by atoms with Crippen LogP contribution in [-0.2, 0) is 0 Å². The molecule has 0 atom stereocenters. The number of rotatable bonds is 3. The molecule has 0 saturated carbocycles. The second-order valence-electron chi connectivity index (χ2n) is 3.21. The molecule has 1 heterocycles. The van der Waals surface area contributed by atoms with Crippen molar-refractivity contribution >= 4 is 28.9 Å². The maximum Gasteiger partial charge on any atom is 0.293 e. The monoisotopic (exact) mass is 267 g/mol. The Bertz CT molecular complexity index is 598. The third-order valence-electron chi connectivity index (χ3n) is 2.04. The van der Waals surface area contributed by atoms with Crippen LogP contribution in [0.5, 0.6) is 0 Å². The second kappa shape index (κ2) is 4.80. The van der Waals surface area contributed by atoms with Gasteiger partial charge in [0.25, 0.3) is 11.6 Å². The van der Waals surface area contributed by atoms with Crippen LogP contribution in [0.4, 0.5) is 11.4 Å². The summed E-state index contributed by atoms with van der Waals surface area (Å²) in [4.78, 5) is 25.3. The van der Waals surface area contributed by atoms with Gasteiger partial charge in [0.15, 0.2) is 0 Å². The minimum absolute atomic E-state index is 0.0161. The highest BCUT2D eigenvalue weighted by atomic mass is 35.5. The zero-order chi connectivity index (χ0) is 13.1. The number of anilines is 1. The van der Waals surface area contributed by atoms with Crippen LogP contribution in [0.1, 0.15) is 10.6 Å². The molecule has 0 aliphatic carbocycles. The van der Waals surface area contributed by atoms with E-state index >= 15 is 0 Å². The first-order chi connectivity index (χ1) is 8.58. The number of hydrogen-bond acceptors (Lipinski definition) is 5. The lowest BCUT2D eigenvalue weighted by molar-refractivity contribution is -0.384. The number of carbonyl (C=O) groups is 1. The molecule has 8 nitrogen and oxygen atoms in total. The molecule has 0 fully saturated rings. The Morgan fingerprint density at radius 3 is 2.89 bits per heavy atom. The molecule has 0 bridgehead atoms. The first-order valence-corrected chi connectivity index (χ1v) is 5.06. The number of benzene rings is 1. The Labute approximate surface area is 105 Å². The average molecular weight is 268 g/mol. The van der Waals surface area contributed by atoms with E-state index in [2.05, 4.69) is 20.5 Å². The van der Waals surface area contributed by atoms with E-state index < -0.39 is 10.8 Å². The number of non-ortho nitro benzene ring substituents is 1. The molecule has 0 unspecified atom stereocenters. The third-order valence-corrected chi connectivity index (χ3v) is 2.37. The van der Waals surface area contributed by atoms with Crippen molar-refractivity contribution in [3.63, 3.8) is 0 Å². The smallest absolute Gasteiger partial charge is 0.293 e. The molecule has 0 aliphatic heterocycles. The number of aromatic nitrogens is 3. The van der Waals surface area contributed by atoms with Crippen LogP contribution < -0.4 is 5.32 Å². The zero-order valence-corrected chi connectivity index (χ0v) is 9.51. The summed E-state index contributed by atoms with van der Waals surface area (Å²) in [6.07, 6.45) is 1.17. The second-order valence-corrected chi connectivity index (χ2v) is 3.62. The van der Waals surface area contributed by atoms with E-state index in [9.17, 15) is 14.9 Å². The molecule has 18 heavy (non-hydrogen) atoms. The predicted octanol–water partition coefficient (Wildman–Crippen LogP) is 1.62. The van der Waals surface area contributed by atoms with Crippen LogP contribution in [0.15, 0.2) is 24.5 Å². The van der Waals surface area contributed by atoms with Crippen LogP contribution in [0.3, 0.4) is 0 Å². The minimum atomic E-state index is -0.588. The number of nitrogens with zero attached hydrogens (tertiary/aromatic N) is 3. The summed E-state index contributed by atoms with van der Waals surface area (Å²) in [5.41, 5.74) is -0.0421. The largest absolute Gasteiger partial charge is 0.318 e. The molecule has 0 radical (unpaired) electrons. The van der Waals surface area contributed by atoms with Gasteiger partial charge in [0.1, 0.15) is 6.33 Å². The van der Waals surface area contributed by atoms with Gasteiger partial charge in [-0.25, -0.2) is 4.98 Å². The lowest BCUT2D eigenvalue weighted by Gasteiger charge is -2.04. The molecule has 0 spiro atoms. The van der Waals surface area contributed by atoms with E-state index in [1.54, 1.807) is 0 Å². The van der Waals surface area contributed by atoms with Crippen molar-refractivity contribution in [2.24, 2.45) is 0 Å². The van der Waals surface area contributed by atoms with Crippen molar-refractivity contribution in [2.45, 2.75) is 0 Å². The molecule has 0 saturated heterocycles. The maximum atomic E-state index is 11.6. The highest BCUT2D eigenvalue weighted by Crippen LogP contribution is 2.26. The molecule has 0 aliphatic rings. The minimum Gasteiger partial charge on any atom is -0.318 e. The van der Waals surface area contributed by atoms with E-state index in [4.69, 9.17) is 11.6 Å². The van der Waals surface area contributed by atoms with E-state index in [0.717, 1.165) is 6.07 Å². The summed E-state index contributed by atoms with van der Waals surface area (Å²) in [6.45, 7) is 0. The number of H-pyrrole nitrogens is 1. The van der Waals surface area contributed by atoms with Crippen molar-refractivity contribution in [3.8, 4) is 0 Å². The number of aromatic amines is 1. The molecular formula is C9H6ClN5O3. The van der Waals surface area contributed by atoms with Crippen molar-refractivity contribution in [2.75, 3.05) is 5.32 Å². The number of nitrogens with one attached hydrogen (secondary N) is 2. The Kier molecular flexibility index (Phi) is 3.20. The SMILES string of the molecule is O=C(Nc1cc([N+](=O)[O-])ccc1Cl)c1ncn[nH]1. The van der Waals surface area contributed by atoms with Gasteiger partial charge in [-0.1, -0.05) is 11.6 Å². The molecule has 2 N–H and O–H groups in total. The zero-order valence-electron chi connectivity index (χ0n) is 8.75. The number of nitro benzene ring substituents is 1. The summed E-state index contributed by atoms with van der Waals surface area (Å²) in [5, 5.41) is 19.1. The van der Waals surface area contributed by atoms with Crippen LogP contribution in [0.25, 0.3) is 0 Å². The van der Waals surface area contributed by atoms with Gasteiger partial charge < -0.3 is 5.32 Å². The lowest BCUT2D eigenvalue weighted by Crippen LogP contribution is -2.14. The molecule has 92 valence electrons. The van der Waals surface area contributed by atoms with Gasteiger partial charge in [0, 0.05) is 12.1 Å². The maximum absolute atomic E-state index is 11.6. The van der Waals surface area contributed by atoms with Gasteiger partial charge in [-0.15, -0.1) is 0 Å². The van der Waals surface area contributed by atoms with Gasteiger partial charge in [-0.2, -0.15) is 5.10 Å². The molecule has 1 amide bonds. The lowest BCUT2D eigenvalue weighted by atomic mass is 10.2. The van der Waals surface area contributed by atoms with Crippen molar-refractivity contribution in [3.05, 3.63) is 45.5 Å². The fourth-order valence-electron chi connectivity index (χ4n) is 1.22. The van der Waals surface area contributed by atoms with Crippen molar-refractivity contribution < 1.29 is 9.72 Å². The third kappa shape index (κ3) is 2.43. The standard InChI is InChI=1S/C9H6ClN5O3/c10-6-2-1-5(15(17)18)3-7(6)13-9(16)8-11-4-12-14-8/h1-4H,(H,13,16)(H,11,12,14). The molecule has 9 heteroatoms. The molecular weight excluding hydrogens is 262 g/mol. The molecule has 1 aromatic heterocycles. The van der Waals surface area contributed by atoms with E-state index in [1.807, 2.05) is 0 Å². The number of amides is 1. The van der Waals surface area contributed by atoms with Gasteiger partial charge in [0.2, 0.25) is 5.82 Å². The van der Waals surface area contributed by atoms with Crippen molar-refractivity contribution in [1.82, 2.24) is 15.2 Å². The number of hydrogen-bond donors (Lipinski definition) is 2. The summed E-state index contributed by atoms with van der Waals surface area (Å²) in [6, 6.07) is 3.73. The van der Waals surface area contributed by atoms with Crippen LogP contribution in [0, 0.1) is 10.1 Å². The Hall–Kier alpha value is -2.48. The Morgan fingerprint density at radius 2 is 2.28 bits per heavy atom. The summed E-state index contributed by atoms with van der Waals surface area (Å²) in [5.74, 6) is -0.604. The van der Waals surface area contributed by atoms with Gasteiger partial charge >= 0.3 is 0 Å². The first-order valence-electron chi connectivity index (χ1n) is 4.68. The molecule has 2 rings (SSSR count). The van der Waals surface area contributed by atoms with Gasteiger partial charge in [0.05, 0.1) is 15.6 Å². The van der Waals surface area contributed by atoms with Crippen LogP contribution in [-0.4, -0.2) is 26.0 Å². The fraction of sp³-hybridized carbons (Fsp3) is 0. The summed E-state index contributed by atoms with van der Waals surface area (Å²) < 4.78 is 0. The van der Waals surface area contributed by atoms with Crippen LogP contribution in [0.2, 0.25) is 5.02 Å². The first kappa shape index (κ1) is 12.0. The highest BCUT2D eigenvalue weighted by molar-refractivity contribution is 6.34. The van der Waals surface area contributed by atoms with Gasteiger partial charge in [-0.05, 0) is 6.07 Å². The fourth-order valence-corrected chi connectivity index (χ4v) is 1.38. The highest BCUT2D eigenvalue weighted by Gasteiger charge is 2.14. The Morgan fingerprint density at radius 1 is 1.50 bits per heavy atom. The van der Waals surface area contributed by atoms with Gasteiger partial charge in [-0.3, -0.25) is 20.0 Å². The quantitative estimate of drug-likeness (QED) is 0.648. The number of halogens is 1. The molecule has 2 aromatic rings. The van der Waals surface area contributed by atoms with Crippen molar-refractivity contribution in [1.29, 1.82) is 0 Å². The number of carbonyl (C=O) groups excluding carboxylic acids is 1. The summed E-state index contributed by atoms with van der Waals surface area (Å²) in [7, 11) is 0. The predicted molar refractivity (Wildman–Crippen MR) is 62.4 cm³/mol. The van der Waals surface area contributed by atoms with Crippen LogP contribution >= 0.6 is 11.6 Å². The van der Waals surface area contributed by atoms with E-state index in [1.165, 1.54) is 18.5 Å². The number of nitro groups is 1. The van der Waals surface area contributed by atoms with E-state index in [0.29, 0.717) is 0 Å². The summed E-state index contributed by atoms with van der Waals surface area (Å²) >= 11 is 5.82. The van der Waals surface area contributed by atoms with E-state index in [-0.39, 0.29) is 22.2 Å². The molecule has 1 aromatic carbocycles.